The quantitative estimate of drug-likeness (QED) is 0.239. The molecular formula is C16H16N7NaO8S. The summed E-state index contributed by atoms with van der Waals surface area (Å²) in [4.78, 5) is 37.6. The Bertz CT molecular complexity index is 1330. The van der Waals surface area contributed by atoms with Crippen molar-refractivity contribution in [2.24, 2.45) is 0 Å². The molecule has 0 aliphatic carbocycles. The fraction of sp³-hybridized carbons (Fsp3) is 0.312. The summed E-state index contributed by atoms with van der Waals surface area (Å²) in [6.45, 7) is -0.775. The molecule has 4 heterocycles. The number of aliphatic hydroxyl groups excluding tert-OH is 2. The van der Waals surface area contributed by atoms with Gasteiger partial charge < -0.3 is 35.2 Å². The zero-order valence-electron chi connectivity index (χ0n) is 17.0. The Morgan fingerprint density at radius 3 is 2.79 bits per heavy atom. The maximum Gasteiger partial charge on any atom is 1.00 e. The molecule has 0 spiro atoms. The second-order valence-electron chi connectivity index (χ2n) is 6.65. The first-order chi connectivity index (χ1) is 15.2. The number of aromatic amines is 1. The Hall–Kier alpha value is -2.44. The normalized spacial score (nSPS) is 22.7. The number of hydrogen-bond acceptors (Lipinski definition) is 12. The number of nitrogens with two attached hydrogens (primary N) is 1. The molecule has 170 valence electrons. The largest absolute Gasteiger partial charge is 1.00 e. The van der Waals surface area contributed by atoms with Gasteiger partial charge in [-0.25, -0.2) is 23.4 Å². The number of pyridine rings is 1. The predicted molar refractivity (Wildman–Crippen MR) is 105 cm³/mol. The summed E-state index contributed by atoms with van der Waals surface area (Å²) in [5.41, 5.74) is 4.86. The molecule has 17 heteroatoms. The first-order valence-corrected chi connectivity index (χ1v) is 10.3. The van der Waals surface area contributed by atoms with Crippen molar-refractivity contribution < 1.29 is 61.9 Å². The van der Waals surface area contributed by atoms with Crippen LogP contribution in [0.15, 0.2) is 35.8 Å². The Kier molecular flexibility index (Phi) is 7.49. The number of rotatable bonds is 6. The second-order valence-corrected chi connectivity index (χ2v) is 7.92. The smallest absolute Gasteiger partial charge is 0.518 e. The van der Waals surface area contributed by atoms with Gasteiger partial charge in [-0.15, -0.1) is 0 Å². The maximum atomic E-state index is 12.0. The molecule has 5 N–H and O–H groups in total. The van der Waals surface area contributed by atoms with Crippen molar-refractivity contribution in [3.8, 4) is 0 Å². The number of hydrogen-bond donors (Lipinski definition) is 4. The molecule has 1 aliphatic rings. The van der Waals surface area contributed by atoms with Crippen LogP contribution in [0.25, 0.3) is 15.9 Å². The van der Waals surface area contributed by atoms with Crippen LogP contribution in [0, 0.1) is 0 Å². The Labute approximate surface area is 207 Å². The van der Waals surface area contributed by atoms with Gasteiger partial charge in [0.05, 0.1) is 18.5 Å². The molecule has 1 aliphatic heterocycles. The van der Waals surface area contributed by atoms with E-state index in [1.165, 1.54) is 29.5 Å². The number of nitrogens with zero attached hydrogens (tertiary/aromatic N) is 5. The van der Waals surface area contributed by atoms with E-state index in [1.54, 1.807) is 0 Å². The average molecular weight is 489 g/mol. The molecule has 0 radical (unpaired) electrons. The van der Waals surface area contributed by atoms with Gasteiger partial charge in [0.1, 0.15) is 36.1 Å². The number of anilines is 1. The third-order valence-corrected chi connectivity index (χ3v) is 5.45. The van der Waals surface area contributed by atoms with Crippen molar-refractivity contribution in [3.63, 3.8) is 0 Å². The molecule has 1 amide bonds. The molecule has 0 aromatic carbocycles. The van der Waals surface area contributed by atoms with Crippen molar-refractivity contribution in [2.45, 2.75) is 24.5 Å². The zero-order valence-corrected chi connectivity index (χ0v) is 19.8. The van der Waals surface area contributed by atoms with Gasteiger partial charge in [0.15, 0.2) is 17.7 Å². The summed E-state index contributed by atoms with van der Waals surface area (Å²) in [5, 5.41) is 20.6. The summed E-state index contributed by atoms with van der Waals surface area (Å²) in [6, 6.07) is 2.41. The van der Waals surface area contributed by atoms with Crippen LogP contribution in [0.3, 0.4) is 0 Å². The van der Waals surface area contributed by atoms with E-state index in [9.17, 15) is 28.2 Å². The molecule has 0 bridgehead atoms. The number of H-pyrrole nitrogens is 1. The van der Waals surface area contributed by atoms with E-state index >= 15 is 0 Å². The fourth-order valence-electron chi connectivity index (χ4n) is 3.07. The summed E-state index contributed by atoms with van der Waals surface area (Å²) in [7, 11) is -4.79. The second kappa shape index (κ2) is 9.82. The molecule has 3 aromatic heterocycles. The predicted octanol–water partition coefficient (Wildman–Crippen LogP) is -4.80. The molecule has 0 saturated carbocycles. The van der Waals surface area contributed by atoms with Crippen molar-refractivity contribution in [1.29, 1.82) is 0 Å². The fourth-order valence-corrected chi connectivity index (χ4v) is 3.73. The van der Waals surface area contributed by atoms with Crippen LogP contribution >= 0.6 is 0 Å². The first-order valence-electron chi connectivity index (χ1n) is 8.97. The van der Waals surface area contributed by atoms with E-state index in [-0.39, 0.29) is 46.5 Å². The van der Waals surface area contributed by atoms with Crippen molar-refractivity contribution in [3.05, 3.63) is 51.6 Å². The van der Waals surface area contributed by atoms with E-state index in [2.05, 4.69) is 28.8 Å². The van der Waals surface area contributed by atoms with Crippen LogP contribution in [0.4, 0.5) is 5.82 Å². The van der Waals surface area contributed by atoms with Crippen molar-refractivity contribution in [2.75, 3.05) is 12.3 Å². The van der Waals surface area contributed by atoms with E-state index < -0.39 is 58.5 Å². The van der Waals surface area contributed by atoms with Crippen LogP contribution in [0.1, 0.15) is 16.6 Å². The number of nitrogens with one attached hydrogen (secondary N) is 1. The Morgan fingerprint density at radius 2 is 2.06 bits per heavy atom. The number of nitrogen functional groups attached to an aromatic ring is 1. The minimum absolute atomic E-state index is 0. The number of aliphatic hydroxyl groups is 2. The van der Waals surface area contributed by atoms with Crippen LogP contribution in [-0.2, 0) is 19.2 Å². The molecule has 1 fully saturated rings. The summed E-state index contributed by atoms with van der Waals surface area (Å²) in [6.07, 6.45) is -1.86. The third-order valence-electron chi connectivity index (χ3n) is 4.62. The van der Waals surface area contributed by atoms with Gasteiger partial charge in [0.25, 0.3) is 5.56 Å². The molecule has 4 atom stereocenters. The standard InChI is InChI=1S/C16H17N7O8S.Na/c17-12-9-13(20-5-19-12)23(6-21-9)16-11(25)10(24)8(31-16)4-30-32(28,29)22-15(27)7-2-1-3-18-14(7)26;/h1-3,5-6,8,10-11,16,24-25H,4H2,(H4,17,18,19,20,22,26,27);/q;+1/p-1/t8-,10-,11-,16-;/m1./s1. The number of carbonyl (C=O) groups is 1. The minimum atomic E-state index is -4.79. The summed E-state index contributed by atoms with van der Waals surface area (Å²) in [5.74, 6) is -1.24. The monoisotopic (exact) mass is 489 g/mol. The number of carbonyl (C=O) groups excluding carboxylic acids is 1. The SMILES string of the molecule is Nc1ncnc2c1ncn2[C@@H]1O[C@H](COS(=O)(=O)[N-]C(=O)c2ccc[nH]c2=O)[C@@H](O)[C@H]1O.[Na+]. The number of fused-ring (bicyclic) bond motifs is 1. The van der Waals surface area contributed by atoms with Gasteiger partial charge in [0, 0.05) is 6.20 Å². The maximum absolute atomic E-state index is 12.0. The molecular weight excluding hydrogens is 473 g/mol. The minimum Gasteiger partial charge on any atom is -0.518 e. The van der Waals surface area contributed by atoms with Crippen LogP contribution in [0.2, 0.25) is 0 Å². The van der Waals surface area contributed by atoms with Crippen LogP contribution in [-0.4, -0.2) is 74.0 Å². The Balaban J connectivity index is 0.00000306. The molecule has 4 rings (SSSR count). The number of ether oxygens (including phenoxy) is 1. The number of amides is 1. The molecule has 0 unspecified atom stereocenters. The molecule has 15 nitrogen and oxygen atoms in total. The number of imidazole rings is 1. The van der Waals surface area contributed by atoms with Gasteiger partial charge in [-0.05, 0) is 12.1 Å². The van der Waals surface area contributed by atoms with Crippen molar-refractivity contribution in [1.82, 2.24) is 24.5 Å². The van der Waals surface area contributed by atoms with Crippen molar-refractivity contribution >= 4 is 33.2 Å². The summed E-state index contributed by atoms with van der Waals surface area (Å²) >= 11 is 0. The topological polar surface area (TPSA) is 227 Å². The van der Waals surface area contributed by atoms with E-state index in [4.69, 9.17) is 10.5 Å². The van der Waals surface area contributed by atoms with Gasteiger partial charge in [-0.3, -0.25) is 13.5 Å². The van der Waals surface area contributed by atoms with E-state index in [0.717, 1.165) is 6.07 Å². The summed E-state index contributed by atoms with van der Waals surface area (Å²) < 4.78 is 38.4. The number of aromatic nitrogens is 5. The van der Waals surface area contributed by atoms with Crippen LogP contribution in [0.5, 0.6) is 0 Å². The molecule has 33 heavy (non-hydrogen) atoms. The van der Waals surface area contributed by atoms with Gasteiger partial charge in [0.2, 0.25) is 10.3 Å². The molecule has 3 aromatic rings. The first kappa shape index (κ1) is 25.2. The average Bonchev–Trinajstić information content (AvgIpc) is 3.29. The Morgan fingerprint density at radius 1 is 1.30 bits per heavy atom. The zero-order chi connectivity index (χ0) is 23.0. The van der Waals surface area contributed by atoms with E-state index in [1.807, 2.05) is 0 Å². The third kappa shape index (κ3) is 5.07. The van der Waals surface area contributed by atoms with Gasteiger partial charge >= 0.3 is 29.6 Å². The van der Waals surface area contributed by atoms with E-state index in [0.29, 0.717) is 0 Å². The van der Waals surface area contributed by atoms with Crippen LogP contribution < -0.4 is 40.9 Å². The molecule has 1 saturated heterocycles. The van der Waals surface area contributed by atoms with Gasteiger partial charge in [-0.1, -0.05) is 0 Å². The van der Waals surface area contributed by atoms with Gasteiger partial charge in [-0.2, -0.15) is 0 Å².